The molecule has 1 aliphatic rings. The molecule has 1 aromatic carbocycles. The first-order chi connectivity index (χ1) is 10.2. The van der Waals surface area contributed by atoms with E-state index >= 15 is 0 Å². The lowest BCUT2D eigenvalue weighted by molar-refractivity contribution is -0.121. The Kier molecular flexibility index (Phi) is 3.86. The van der Waals surface area contributed by atoms with Crippen molar-refractivity contribution in [2.45, 2.75) is 0 Å². The minimum atomic E-state index is -0.0714. The van der Waals surface area contributed by atoms with Gasteiger partial charge in [-0.2, -0.15) is 0 Å². The molecule has 0 aliphatic carbocycles. The van der Waals surface area contributed by atoms with Gasteiger partial charge in [0.05, 0.1) is 10.4 Å². The SMILES string of the molecule is C=CCN1C(=O)/C(=C\c2cccc3cccnc23)SC1=S. The Morgan fingerprint density at radius 2 is 2.14 bits per heavy atom. The summed E-state index contributed by atoms with van der Waals surface area (Å²) in [6.45, 7) is 4.09. The lowest BCUT2D eigenvalue weighted by atomic mass is 10.1. The van der Waals surface area contributed by atoms with Gasteiger partial charge in [-0.15, -0.1) is 6.58 Å². The average Bonchev–Trinajstić information content (AvgIpc) is 2.76. The van der Waals surface area contributed by atoms with Gasteiger partial charge in [0.15, 0.2) is 0 Å². The molecule has 5 heteroatoms. The maximum Gasteiger partial charge on any atom is 0.266 e. The second kappa shape index (κ2) is 5.79. The van der Waals surface area contributed by atoms with Crippen molar-refractivity contribution in [3.05, 3.63) is 59.7 Å². The van der Waals surface area contributed by atoms with Crippen LogP contribution < -0.4 is 0 Å². The molecular weight excluding hydrogens is 300 g/mol. The topological polar surface area (TPSA) is 33.2 Å². The summed E-state index contributed by atoms with van der Waals surface area (Å²) >= 11 is 6.55. The Labute approximate surface area is 132 Å². The standard InChI is InChI=1S/C16H12N2OS2/c1-2-9-18-15(19)13(21-16(18)20)10-12-6-3-5-11-7-4-8-17-14(11)12/h2-8,10H,1,9H2/b13-10+. The smallest absolute Gasteiger partial charge is 0.266 e. The van der Waals surface area contributed by atoms with Crippen LogP contribution in [0.2, 0.25) is 0 Å². The Hall–Kier alpha value is -1.98. The van der Waals surface area contributed by atoms with E-state index in [9.17, 15) is 4.79 Å². The van der Waals surface area contributed by atoms with Gasteiger partial charge in [-0.05, 0) is 12.1 Å². The van der Waals surface area contributed by atoms with Gasteiger partial charge in [-0.3, -0.25) is 14.7 Å². The normalized spacial score (nSPS) is 17.0. The largest absolute Gasteiger partial charge is 0.289 e. The first-order valence-electron chi connectivity index (χ1n) is 6.40. The van der Waals surface area contributed by atoms with Crippen LogP contribution >= 0.6 is 24.0 Å². The van der Waals surface area contributed by atoms with E-state index in [0.717, 1.165) is 16.5 Å². The van der Waals surface area contributed by atoms with Crippen molar-refractivity contribution < 1.29 is 4.79 Å². The maximum atomic E-state index is 12.3. The Morgan fingerprint density at radius 1 is 1.33 bits per heavy atom. The number of fused-ring (bicyclic) bond motifs is 1. The van der Waals surface area contributed by atoms with Crippen molar-refractivity contribution >= 4 is 51.2 Å². The first kappa shape index (κ1) is 14.0. The molecule has 1 saturated heterocycles. The van der Waals surface area contributed by atoms with Gasteiger partial charge < -0.3 is 0 Å². The molecule has 2 heterocycles. The van der Waals surface area contributed by atoms with E-state index in [1.165, 1.54) is 11.8 Å². The van der Waals surface area contributed by atoms with Crippen molar-refractivity contribution in [1.82, 2.24) is 9.88 Å². The Bertz CT molecular complexity index is 777. The van der Waals surface area contributed by atoms with Gasteiger partial charge in [-0.1, -0.05) is 54.3 Å². The molecule has 3 nitrogen and oxygen atoms in total. The van der Waals surface area contributed by atoms with E-state index < -0.39 is 0 Å². The van der Waals surface area contributed by atoms with Crippen molar-refractivity contribution in [1.29, 1.82) is 0 Å². The maximum absolute atomic E-state index is 12.3. The van der Waals surface area contributed by atoms with Crippen LogP contribution in [-0.2, 0) is 4.79 Å². The third-order valence-corrected chi connectivity index (χ3v) is 4.51. The van der Waals surface area contributed by atoms with Gasteiger partial charge in [0.2, 0.25) is 0 Å². The fraction of sp³-hybridized carbons (Fsp3) is 0.0625. The molecule has 1 amide bonds. The summed E-state index contributed by atoms with van der Waals surface area (Å²) in [6.07, 6.45) is 5.29. The predicted molar refractivity (Wildman–Crippen MR) is 91.8 cm³/mol. The van der Waals surface area contributed by atoms with Crippen LogP contribution in [0.25, 0.3) is 17.0 Å². The van der Waals surface area contributed by atoms with Gasteiger partial charge in [-0.25, -0.2) is 0 Å². The summed E-state index contributed by atoms with van der Waals surface area (Å²) in [4.78, 5) is 18.9. The molecule has 2 aromatic rings. The number of thiocarbonyl (C=S) groups is 1. The first-order valence-corrected chi connectivity index (χ1v) is 7.63. The number of hydrogen-bond donors (Lipinski definition) is 0. The summed E-state index contributed by atoms with van der Waals surface area (Å²) in [5.74, 6) is -0.0714. The lowest BCUT2D eigenvalue weighted by Crippen LogP contribution is -2.27. The molecule has 104 valence electrons. The highest BCUT2D eigenvalue weighted by molar-refractivity contribution is 8.26. The molecule has 0 unspecified atom stereocenters. The number of benzene rings is 1. The zero-order valence-corrected chi connectivity index (χ0v) is 12.8. The summed E-state index contributed by atoms with van der Waals surface area (Å²) < 4.78 is 0.569. The minimum absolute atomic E-state index is 0.0714. The van der Waals surface area contributed by atoms with Crippen LogP contribution in [0.1, 0.15) is 5.56 Å². The van der Waals surface area contributed by atoms with Gasteiger partial charge in [0.25, 0.3) is 5.91 Å². The molecular formula is C16H12N2OS2. The van der Waals surface area contributed by atoms with E-state index in [1.54, 1.807) is 17.2 Å². The van der Waals surface area contributed by atoms with Crippen LogP contribution in [0.5, 0.6) is 0 Å². The van der Waals surface area contributed by atoms with Crippen LogP contribution in [0.4, 0.5) is 0 Å². The van der Waals surface area contributed by atoms with Gasteiger partial charge >= 0.3 is 0 Å². The molecule has 0 saturated carbocycles. The van der Waals surface area contributed by atoms with Crippen molar-refractivity contribution in [2.24, 2.45) is 0 Å². The van der Waals surface area contributed by atoms with Crippen LogP contribution in [0, 0.1) is 0 Å². The number of hydrogen-bond acceptors (Lipinski definition) is 4. The van der Waals surface area contributed by atoms with E-state index in [-0.39, 0.29) is 5.91 Å². The molecule has 0 radical (unpaired) electrons. The van der Waals surface area contributed by atoms with E-state index in [0.29, 0.717) is 15.8 Å². The highest BCUT2D eigenvalue weighted by atomic mass is 32.2. The third-order valence-electron chi connectivity index (χ3n) is 3.14. The second-order valence-electron chi connectivity index (χ2n) is 4.50. The van der Waals surface area contributed by atoms with Crippen LogP contribution in [-0.4, -0.2) is 26.7 Å². The molecule has 0 N–H and O–H groups in total. The van der Waals surface area contributed by atoms with Crippen LogP contribution in [0.15, 0.2) is 54.1 Å². The third kappa shape index (κ3) is 2.62. The minimum Gasteiger partial charge on any atom is -0.289 e. The van der Waals surface area contributed by atoms with Crippen molar-refractivity contribution in [3.63, 3.8) is 0 Å². The number of pyridine rings is 1. The number of carbonyl (C=O) groups is 1. The highest BCUT2D eigenvalue weighted by Gasteiger charge is 2.31. The second-order valence-corrected chi connectivity index (χ2v) is 6.18. The number of aromatic nitrogens is 1. The summed E-state index contributed by atoms with van der Waals surface area (Å²) in [7, 11) is 0. The molecule has 0 bridgehead atoms. The zero-order valence-electron chi connectivity index (χ0n) is 11.2. The van der Waals surface area contributed by atoms with Crippen molar-refractivity contribution in [3.8, 4) is 0 Å². The molecule has 0 spiro atoms. The molecule has 1 aliphatic heterocycles. The molecule has 0 atom stereocenters. The average molecular weight is 312 g/mol. The van der Waals surface area contributed by atoms with Crippen molar-refractivity contribution in [2.75, 3.05) is 6.54 Å². The predicted octanol–water partition coefficient (Wildman–Crippen LogP) is 3.62. The molecule has 1 fully saturated rings. The number of para-hydroxylation sites is 1. The summed E-state index contributed by atoms with van der Waals surface area (Å²) in [6, 6.07) is 9.82. The quantitative estimate of drug-likeness (QED) is 0.492. The lowest BCUT2D eigenvalue weighted by Gasteiger charge is -2.10. The van der Waals surface area contributed by atoms with Crippen LogP contribution in [0.3, 0.4) is 0 Å². The summed E-state index contributed by atoms with van der Waals surface area (Å²) in [5.41, 5.74) is 1.81. The zero-order chi connectivity index (χ0) is 14.8. The number of thioether (sulfide) groups is 1. The van der Waals surface area contributed by atoms with E-state index in [2.05, 4.69) is 11.6 Å². The molecule has 21 heavy (non-hydrogen) atoms. The number of amides is 1. The molecule has 1 aromatic heterocycles. The fourth-order valence-corrected chi connectivity index (χ4v) is 3.44. The Morgan fingerprint density at radius 3 is 2.95 bits per heavy atom. The van der Waals surface area contributed by atoms with E-state index in [1.807, 2.05) is 36.4 Å². The summed E-state index contributed by atoms with van der Waals surface area (Å²) in [5, 5.41) is 1.05. The fourth-order valence-electron chi connectivity index (χ4n) is 2.17. The number of rotatable bonds is 3. The molecule has 3 rings (SSSR count). The number of nitrogens with zero attached hydrogens (tertiary/aromatic N) is 2. The van der Waals surface area contributed by atoms with Gasteiger partial charge in [0.1, 0.15) is 4.32 Å². The number of carbonyl (C=O) groups excluding carboxylic acids is 1. The highest BCUT2D eigenvalue weighted by Crippen LogP contribution is 2.33. The monoisotopic (exact) mass is 312 g/mol. The van der Waals surface area contributed by atoms with E-state index in [4.69, 9.17) is 12.2 Å². The Balaban J connectivity index is 2.03. The van der Waals surface area contributed by atoms with Gasteiger partial charge in [0, 0.05) is 23.7 Å².